The second kappa shape index (κ2) is 6.00. The number of hydrogen-bond acceptors (Lipinski definition) is 4. The molecule has 1 aromatic carbocycles. The molecule has 3 N–H and O–H groups in total. The molecule has 4 heteroatoms. The Morgan fingerprint density at radius 1 is 1.50 bits per heavy atom. The van der Waals surface area contributed by atoms with Crippen LogP contribution < -0.4 is 5.73 Å². The molecule has 0 aliphatic rings. The van der Waals surface area contributed by atoms with Crippen LogP contribution in [-0.2, 0) is 16.0 Å². The molecule has 0 aliphatic heterocycles. The fourth-order valence-electron chi connectivity index (χ4n) is 1.47. The molecular weight excluding hydrogens is 206 g/mol. The highest BCUT2D eigenvalue weighted by Crippen LogP contribution is 2.24. The van der Waals surface area contributed by atoms with Crippen LogP contribution in [0.1, 0.15) is 25.3 Å². The molecule has 88 valence electrons. The van der Waals surface area contributed by atoms with Crippen LogP contribution in [-0.4, -0.2) is 17.7 Å². The summed E-state index contributed by atoms with van der Waals surface area (Å²) in [7, 11) is 0. The van der Waals surface area contributed by atoms with Crippen LogP contribution in [0.5, 0.6) is 5.75 Å². The zero-order valence-corrected chi connectivity index (χ0v) is 9.40. The second-order valence-corrected chi connectivity index (χ2v) is 3.51. The number of para-hydroxylation sites is 1. The lowest BCUT2D eigenvalue weighted by Gasteiger charge is -2.06. The van der Waals surface area contributed by atoms with Crippen LogP contribution in [0.2, 0.25) is 0 Å². The standard InChI is InChI=1S/C12H17NO3/c1-2-16-11(15)8-4-6-9-5-3-7-10(14)12(9)13/h3,5,7,14H,2,4,6,8,13H2,1H3. The van der Waals surface area contributed by atoms with Crippen molar-refractivity contribution in [1.82, 2.24) is 0 Å². The van der Waals surface area contributed by atoms with Gasteiger partial charge < -0.3 is 15.6 Å². The first kappa shape index (κ1) is 12.4. The number of ether oxygens (including phenoxy) is 1. The van der Waals surface area contributed by atoms with Gasteiger partial charge in [0.2, 0.25) is 0 Å². The maximum Gasteiger partial charge on any atom is 0.305 e. The van der Waals surface area contributed by atoms with Gasteiger partial charge in [-0.2, -0.15) is 0 Å². The van der Waals surface area contributed by atoms with Crippen LogP contribution in [0.4, 0.5) is 5.69 Å². The number of carbonyl (C=O) groups excluding carboxylic acids is 1. The van der Waals surface area contributed by atoms with Gasteiger partial charge in [0.15, 0.2) is 0 Å². The first-order valence-electron chi connectivity index (χ1n) is 5.37. The lowest BCUT2D eigenvalue weighted by Crippen LogP contribution is -2.04. The molecule has 0 atom stereocenters. The van der Waals surface area contributed by atoms with Crippen molar-refractivity contribution in [3.8, 4) is 5.75 Å². The first-order valence-corrected chi connectivity index (χ1v) is 5.37. The van der Waals surface area contributed by atoms with Crippen molar-refractivity contribution in [2.45, 2.75) is 26.2 Å². The zero-order valence-electron chi connectivity index (χ0n) is 9.40. The van der Waals surface area contributed by atoms with E-state index in [1.807, 2.05) is 6.07 Å². The van der Waals surface area contributed by atoms with E-state index in [1.54, 1.807) is 19.1 Å². The van der Waals surface area contributed by atoms with E-state index in [-0.39, 0.29) is 11.7 Å². The summed E-state index contributed by atoms with van der Waals surface area (Å²) in [6, 6.07) is 5.13. The normalized spacial score (nSPS) is 10.1. The van der Waals surface area contributed by atoms with Gasteiger partial charge in [-0.25, -0.2) is 0 Å². The van der Waals surface area contributed by atoms with Crippen LogP contribution >= 0.6 is 0 Å². The second-order valence-electron chi connectivity index (χ2n) is 3.51. The van der Waals surface area contributed by atoms with Crippen molar-refractivity contribution in [2.75, 3.05) is 12.3 Å². The molecule has 4 nitrogen and oxygen atoms in total. The Morgan fingerprint density at radius 2 is 2.25 bits per heavy atom. The monoisotopic (exact) mass is 223 g/mol. The highest BCUT2D eigenvalue weighted by molar-refractivity contribution is 5.69. The molecule has 1 aromatic rings. The van der Waals surface area contributed by atoms with Gasteiger partial charge in [0.05, 0.1) is 12.3 Å². The Hall–Kier alpha value is -1.71. The Labute approximate surface area is 95.0 Å². The molecule has 0 saturated carbocycles. The molecule has 1 rings (SSSR count). The van der Waals surface area contributed by atoms with Gasteiger partial charge in [0.25, 0.3) is 0 Å². The largest absolute Gasteiger partial charge is 0.506 e. The van der Waals surface area contributed by atoms with Crippen molar-refractivity contribution >= 4 is 11.7 Å². The summed E-state index contributed by atoms with van der Waals surface area (Å²) in [6.45, 7) is 2.19. The number of aromatic hydroxyl groups is 1. The summed E-state index contributed by atoms with van der Waals surface area (Å²) in [5.74, 6) is -0.102. The topological polar surface area (TPSA) is 72.5 Å². The van der Waals surface area contributed by atoms with E-state index in [2.05, 4.69) is 0 Å². The summed E-state index contributed by atoms with van der Waals surface area (Å²) in [4.78, 5) is 11.1. The van der Waals surface area contributed by atoms with E-state index in [0.717, 1.165) is 5.56 Å². The summed E-state index contributed by atoms with van der Waals surface area (Å²) in [5.41, 5.74) is 6.95. The SMILES string of the molecule is CCOC(=O)CCCc1cccc(O)c1N. The van der Waals surface area contributed by atoms with Gasteiger partial charge in [0, 0.05) is 6.42 Å². The predicted octanol–water partition coefficient (Wildman–Crippen LogP) is 1.86. The number of benzene rings is 1. The summed E-state index contributed by atoms with van der Waals surface area (Å²) < 4.78 is 4.81. The molecule has 0 unspecified atom stereocenters. The summed E-state index contributed by atoms with van der Waals surface area (Å²) >= 11 is 0. The molecule has 0 aliphatic carbocycles. The highest BCUT2D eigenvalue weighted by Gasteiger charge is 2.05. The van der Waals surface area contributed by atoms with E-state index in [0.29, 0.717) is 31.6 Å². The van der Waals surface area contributed by atoms with Crippen LogP contribution in [0.15, 0.2) is 18.2 Å². The van der Waals surface area contributed by atoms with Gasteiger partial charge in [-0.1, -0.05) is 12.1 Å². The lowest BCUT2D eigenvalue weighted by atomic mass is 10.1. The number of nitrogens with two attached hydrogens (primary N) is 1. The zero-order chi connectivity index (χ0) is 12.0. The molecule has 0 fully saturated rings. The summed E-state index contributed by atoms with van der Waals surface area (Å²) in [5, 5.41) is 9.38. The van der Waals surface area contributed by atoms with Gasteiger partial charge in [-0.3, -0.25) is 4.79 Å². The number of phenolic OH excluding ortho intramolecular Hbond substituents is 1. The highest BCUT2D eigenvalue weighted by atomic mass is 16.5. The minimum Gasteiger partial charge on any atom is -0.506 e. The maximum atomic E-state index is 11.1. The smallest absolute Gasteiger partial charge is 0.305 e. The van der Waals surface area contributed by atoms with Gasteiger partial charge in [-0.05, 0) is 31.4 Å². The quantitative estimate of drug-likeness (QED) is 0.454. The first-order chi connectivity index (χ1) is 7.65. The third-order valence-electron chi connectivity index (χ3n) is 2.31. The lowest BCUT2D eigenvalue weighted by molar-refractivity contribution is -0.143. The Kier molecular flexibility index (Phi) is 4.64. The van der Waals surface area contributed by atoms with Crippen molar-refractivity contribution in [3.63, 3.8) is 0 Å². The van der Waals surface area contributed by atoms with Gasteiger partial charge in [0.1, 0.15) is 5.75 Å². The van der Waals surface area contributed by atoms with Gasteiger partial charge >= 0.3 is 5.97 Å². The van der Waals surface area contributed by atoms with Crippen molar-refractivity contribution in [2.24, 2.45) is 0 Å². The molecule has 0 amide bonds. The Balaban J connectivity index is 2.43. The number of aryl methyl sites for hydroxylation is 1. The molecule has 0 aromatic heterocycles. The van der Waals surface area contributed by atoms with Gasteiger partial charge in [-0.15, -0.1) is 0 Å². The van der Waals surface area contributed by atoms with Crippen LogP contribution in [0.3, 0.4) is 0 Å². The average Bonchev–Trinajstić information content (AvgIpc) is 2.25. The van der Waals surface area contributed by atoms with Crippen molar-refractivity contribution in [1.29, 1.82) is 0 Å². The Morgan fingerprint density at radius 3 is 2.94 bits per heavy atom. The predicted molar refractivity (Wildman–Crippen MR) is 62.1 cm³/mol. The average molecular weight is 223 g/mol. The third-order valence-corrected chi connectivity index (χ3v) is 2.31. The minimum atomic E-state index is -0.193. The molecular formula is C12H17NO3. The van der Waals surface area contributed by atoms with Crippen LogP contribution in [0, 0.1) is 0 Å². The fraction of sp³-hybridized carbons (Fsp3) is 0.417. The number of anilines is 1. The molecule has 0 saturated heterocycles. The minimum absolute atomic E-state index is 0.0913. The Bertz CT molecular complexity index is 363. The van der Waals surface area contributed by atoms with E-state index < -0.39 is 0 Å². The summed E-state index contributed by atoms with van der Waals surface area (Å²) in [6.07, 6.45) is 1.72. The number of rotatable bonds is 5. The van der Waals surface area contributed by atoms with E-state index in [9.17, 15) is 9.90 Å². The molecule has 0 bridgehead atoms. The number of phenols is 1. The number of hydrogen-bond donors (Lipinski definition) is 2. The molecule has 0 spiro atoms. The number of esters is 1. The molecule has 0 radical (unpaired) electrons. The van der Waals surface area contributed by atoms with Crippen molar-refractivity contribution in [3.05, 3.63) is 23.8 Å². The molecule has 16 heavy (non-hydrogen) atoms. The van der Waals surface area contributed by atoms with Crippen molar-refractivity contribution < 1.29 is 14.6 Å². The fourth-order valence-corrected chi connectivity index (χ4v) is 1.47. The third kappa shape index (κ3) is 3.46. The maximum absolute atomic E-state index is 11.1. The van der Waals surface area contributed by atoms with E-state index >= 15 is 0 Å². The molecule has 0 heterocycles. The van der Waals surface area contributed by atoms with E-state index in [1.165, 1.54) is 0 Å². The number of nitrogen functional groups attached to an aromatic ring is 1. The number of carbonyl (C=O) groups is 1. The van der Waals surface area contributed by atoms with E-state index in [4.69, 9.17) is 10.5 Å². The van der Waals surface area contributed by atoms with Crippen LogP contribution in [0.25, 0.3) is 0 Å².